The zero-order chi connectivity index (χ0) is 17.0. The summed E-state index contributed by atoms with van der Waals surface area (Å²) in [5.41, 5.74) is 0.761. The Morgan fingerprint density at radius 2 is 1.88 bits per heavy atom. The minimum atomic E-state index is -0.0329. The quantitative estimate of drug-likeness (QED) is 0.781. The molecule has 1 saturated heterocycles. The molecule has 1 spiro atoms. The van der Waals surface area contributed by atoms with Gasteiger partial charge in [-0.15, -0.1) is 12.4 Å². The van der Waals surface area contributed by atoms with Gasteiger partial charge in [-0.3, -0.25) is 9.69 Å². The Labute approximate surface area is 166 Å². The molecule has 2 aliphatic rings. The summed E-state index contributed by atoms with van der Waals surface area (Å²) in [5, 5.41) is 7.35. The van der Waals surface area contributed by atoms with Gasteiger partial charge in [0.25, 0.3) is 0 Å². The number of hydrogen-bond donors (Lipinski definition) is 2. The van der Waals surface area contributed by atoms with Crippen LogP contribution in [0.4, 0.5) is 5.69 Å². The van der Waals surface area contributed by atoms with E-state index in [2.05, 4.69) is 15.5 Å². The number of rotatable bonds is 4. The van der Waals surface area contributed by atoms with Crippen molar-refractivity contribution >= 4 is 47.2 Å². The molecule has 140 valence electrons. The minimum absolute atomic E-state index is 0. The van der Waals surface area contributed by atoms with Crippen LogP contribution in [-0.2, 0) is 4.79 Å². The van der Waals surface area contributed by atoms with Crippen molar-refractivity contribution in [1.29, 1.82) is 0 Å². The van der Waals surface area contributed by atoms with Crippen molar-refractivity contribution in [3.63, 3.8) is 0 Å². The number of benzene rings is 1. The Hall–Kier alpha value is -0.520. The third kappa shape index (κ3) is 5.01. The molecule has 1 aromatic rings. The molecule has 1 aromatic carbocycles. The van der Waals surface area contributed by atoms with Crippen LogP contribution in [0.25, 0.3) is 0 Å². The van der Waals surface area contributed by atoms with Crippen molar-refractivity contribution in [2.24, 2.45) is 0 Å². The van der Waals surface area contributed by atoms with Crippen LogP contribution in [0.2, 0.25) is 10.0 Å². The van der Waals surface area contributed by atoms with Crippen molar-refractivity contribution in [3.8, 4) is 0 Å². The molecular formula is C18H26Cl3N3O. The molecule has 1 heterocycles. The molecule has 0 radical (unpaired) electrons. The van der Waals surface area contributed by atoms with E-state index in [4.69, 9.17) is 23.2 Å². The summed E-state index contributed by atoms with van der Waals surface area (Å²) in [6, 6.07) is 5.24. The lowest BCUT2D eigenvalue weighted by Gasteiger charge is -2.50. The fourth-order valence-corrected chi connectivity index (χ4v) is 4.48. The van der Waals surface area contributed by atoms with Gasteiger partial charge in [0.05, 0.1) is 15.7 Å². The monoisotopic (exact) mass is 405 g/mol. The minimum Gasteiger partial charge on any atom is -0.324 e. The number of halogens is 3. The zero-order valence-corrected chi connectivity index (χ0v) is 16.7. The van der Waals surface area contributed by atoms with Gasteiger partial charge in [-0.1, -0.05) is 48.5 Å². The molecule has 25 heavy (non-hydrogen) atoms. The summed E-state index contributed by atoms with van der Waals surface area (Å²) in [4.78, 5) is 14.9. The lowest BCUT2D eigenvalue weighted by Crippen LogP contribution is -2.62. The average molecular weight is 407 g/mol. The van der Waals surface area contributed by atoms with Gasteiger partial charge in [-0.25, -0.2) is 0 Å². The first-order valence-corrected chi connectivity index (χ1v) is 9.56. The van der Waals surface area contributed by atoms with E-state index in [0.717, 1.165) is 26.2 Å². The van der Waals surface area contributed by atoms with Crippen LogP contribution < -0.4 is 10.6 Å². The molecule has 7 heteroatoms. The maximum Gasteiger partial charge on any atom is 0.225 e. The molecule has 1 aliphatic carbocycles. The standard InChI is InChI=1S/C18H25Cl2N3O.ClH/c19-14-5-4-6-15(20)17(14)22-16(24)7-11-23-12-10-21-13-18(23)8-2-1-3-9-18;/h4-6,21H,1-3,7-13H2,(H,22,24);1H. The van der Waals surface area contributed by atoms with E-state index in [1.165, 1.54) is 32.1 Å². The SMILES string of the molecule is Cl.O=C(CCN1CCNCC12CCCCC2)Nc1c(Cl)cccc1Cl. The molecule has 2 N–H and O–H groups in total. The fraction of sp³-hybridized carbons (Fsp3) is 0.611. The van der Waals surface area contributed by atoms with Crippen LogP contribution >= 0.6 is 35.6 Å². The van der Waals surface area contributed by atoms with Crippen LogP contribution in [0, 0.1) is 0 Å². The highest BCUT2D eigenvalue weighted by Gasteiger charge is 2.39. The summed E-state index contributed by atoms with van der Waals surface area (Å²) in [5.74, 6) is -0.0329. The van der Waals surface area contributed by atoms with Crippen molar-refractivity contribution < 1.29 is 4.79 Å². The molecule has 2 fully saturated rings. The molecule has 0 atom stereocenters. The zero-order valence-electron chi connectivity index (χ0n) is 14.3. The van der Waals surface area contributed by atoms with E-state index < -0.39 is 0 Å². The predicted molar refractivity (Wildman–Crippen MR) is 107 cm³/mol. The van der Waals surface area contributed by atoms with Crippen LogP contribution in [0.15, 0.2) is 18.2 Å². The maximum absolute atomic E-state index is 12.4. The van der Waals surface area contributed by atoms with Gasteiger partial charge in [0, 0.05) is 38.1 Å². The predicted octanol–water partition coefficient (Wildman–Crippen LogP) is 4.35. The topological polar surface area (TPSA) is 44.4 Å². The Kier molecular flexibility index (Phi) is 7.84. The normalized spacial score (nSPS) is 20.1. The van der Waals surface area contributed by atoms with Gasteiger partial charge in [-0.05, 0) is 25.0 Å². The Bertz CT molecular complexity index is 562. The van der Waals surface area contributed by atoms with Crippen LogP contribution in [0.3, 0.4) is 0 Å². The number of anilines is 1. The van der Waals surface area contributed by atoms with E-state index in [1.54, 1.807) is 18.2 Å². The van der Waals surface area contributed by atoms with Crippen LogP contribution in [0.1, 0.15) is 38.5 Å². The van der Waals surface area contributed by atoms with Gasteiger partial charge in [0.2, 0.25) is 5.91 Å². The van der Waals surface area contributed by atoms with Crippen molar-refractivity contribution in [2.75, 3.05) is 31.5 Å². The second-order valence-electron chi connectivity index (χ2n) is 6.84. The molecule has 0 bridgehead atoms. The molecule has 1 aliphatic heterocycles. The van der Waals surface area contributed by atoms with Crippen LogP contribution in [-0.4, -0.2) is 42.5 Å². The summed E-state index contributed by atoms with van der Waals surface area (Å²) in [6.45, 7) is 3.85. The third-order valence-electron chi connectivity index (χ3n) is 5.30. The summed E-state index contributed by atoms with van der Waals surface area (Å²) >= 11 is 12.2. The van der Waals surface area contributed by atoms with E-state index in [0.29, 0.717) is 22.2 Å². The second-order valence-corrected chi connectivity index (χ2v) is 7.66. The fourth-order valence-electron chi connectivity index (χ4n) is 3.99. The van der Waals surface area contributed by atoms with E-state index >= 15 is 0 Å². The first-order valence-electron chi connectivity index (χ1n) is 8.80. The Balaban J connectivity index is 0.00000225. The average Bonchev–Trinajstić information content (AvgIpc) is 2.58. The van der Waals surface area contributed by atoms with E-state index in [1.807, 2.05) is 0 Å². The molecule has 1 saturated carbocycles. The molecule has 1 amide bonds. The van der Waals surface area contributed by atoms with Gasteiger partial charge in [-0.2, -0.15) is 0 Å². The molecule has 0 aromatic heterocycles. The van der Waals surface area contributed by atoms with Gasteiger partial charge in [0.1, 0.15) is 0 Å². The highest BCUT2D eigenvalue weighted by atomic mass is 35.5. The molecule has 4 nitrogen and oxygen atoms in total. The van der Waals surface area contributed by atoms with Gasteiger partial charge in [0.15, 0.2) is 0 Å². The maximum atomic E-state index is 12.4. The van der Waals surface area contributed by atoms with E-state index in [9.17, 15) is 4.79 Å². The lowest BCUT2D eigenvalue weighted by molar-refractivity contribution is -0.117. The largest absolute Gasteiger partial charge is 0.324 e. The number of hydrogen-bond acceptors (Lipinski definition) is 3. The smallest absolute Gasteiger partial charge is 0.225 e. The lowest BCUT2D eigenvalue weighted by atomic mass is 9.79. The highest BCUT2D eigenvalue weighted by molar-refractivity contribution is 6.39. The second kappa shape index (κ2) is 9.43. The first-order chi connectivity index (χ1) is 11.6. The van der Waals surface area contributed by atoms with Gasteiger partial charge < -0.3 is 10.6 Å². The number of nitrogens with zero attached hydrogens (tertiary/aromatic N) is 1. The van der Waals surface area contributed by atoms with Crippen molar-refractivity contribution in [1.82, 2.24) is 10.2 Å². The Morgan fingerprint density at radius 1 is 1.20 bits per heavy atom. The van der Waals surface area contributed by atoms with E-state index in [-0.39, 0.29) is 23.9 Å². The molecular weight excluding hydrogens is 381 g/mol. The number of carbonyl (C=O) groups is 1. The first kappa shape index (κ1) is 20.8. The van der Waals surface area contributed by atoms with Gasteiger partial charge >= 0.3 is 0 Å². The molecule has 0 unspecified atom stereocenters. The highest BCUT2D eigenvalue weighted by Crippen LogP contribution is 2.35. The van der Waals surface area contributed by atoms with Crippen LogP contribution in [0.5, 0.6) is 0 Å². The number of nitrogens with one attached hydrogen (secondary N) is 2. The Morgan fingerprint density at radius 3 is 2.56 bits per heavy atom. The summed E-state index contributed by atoms with van der Waals surface area (Å²) in [7, 11) is 0. The van der Waals surface area contributed by atoms with Crippen molar-refractivity contribution in [2.45, 2.75) is 44.1 Å². The van der Waals surface area contributed by atoms with Crippen molar-refractivity contribution in [3.05, 3.63) is 28.2 Å². The summed E-state index contributed by atoms with van der Waals surface area (Å²) in [6.07, 6.45) is 6.85. The number of amides is 1. The molecule has 3 rings (SSSR count). The number of carbonyl (C=O) groups excluding carboxylic acids is 1. The third-order valence-corrected chi connectivity index (χ3v) is 5.93. The number of para-hydroxylation sites is 1. The summed E-state index contributed by atoms with van der Waals surface area (Å²) < 4.78 is 0. The number of piperazine rings is 1.